The molecule has 4 unspecified atom stereocenters. The van der Waals surface area contributed by atoms with Crippen molar-refractivity contribution in [2.75, 3.05) is 13.7 Å². The Labute approximate surface area is 152 Å². The van der Waals surface area contributed by atoms with Gasteiger partial charge >= 0.3 is 23.9 Å². The number of unbranched alkanes of at least 4 members (excludes halogenated alkanes) is 3. The number of carbonyl (C=O) groups is 4. The Balaban J connectivity index is 2.58. The fraction of sp³-hybridized carbons (Fsp3) is 0.778. The number of carbonyl (C=O) groups excluding carboxylic acids is 2. The third kappa shape index (κ3) is 6.00. The summed E-state index contributed by atoms with van der Waals surface area (Å²) >= 11 is 0. The number of esters is 2. The van der Waals surface area contributed by atoms with Crippen LogP contribution in [0.5, 0.6) is 0 Å². The molecule has 1 saturated carbocycles. The largest absolute Gasteiger partial charge is 0.481 e. The lowest BCUT2D eigenvalue weighted by Gasteiger charge is -2.22. The van der Waals surface area contributed by atoms with Crippen molar-refractivity contribution in [2.45, 2.75) is 51.9 Å². The monoisotopic (exact) mass is 372 g/mol. The van der Waals surface area contributed by atoms with Gasteiger partial charge in [0.25, 0.3) is 0 Å². The molecule has 8 nitrogen and oxygen atoms in total. The van der Waals surface area contributed by atoms with Gasteiger partial charge in [-0.25, -0.2) is 0 Å². The lowest BCUT2D eigenvalue weighted by atomic mass is 9.83. The van der Waals surface area contributed by atoms with Crippen molar-refractivity contribution in [2.24, 2.45) is 23.7 Å². The maximum Gasteiger partial charge on any atom is 0.309 e. The fourth-order valence-electron chi connectivity index (χ4n) is 3.77. The number of ether oxygens (including phenoxy) is 2. The molecule has 0 amide bonds. The van der Waals surface area contributed by atoms with E-state index in [2.05, 4.69) is 0 Å². The molecule has 2 N–H and O–H groups in total. The molecule has 0 aliphatic heterocycles. The normalized spacial score (nSPS) is 24.8. The second-order valence-corrected chi connectivity index (χ2v) is 6.60. The van der Waals surface area contributed by atoms with Crippen molar-refractivity contribution in [1.29, 1.82) is 0 Å². The Morgan fingerprint density at radius 1 is 0.962 bits per heavy atom. The van der Waals surface area contributed by atoms with Gasteiger partial charge in [-0.05, 0) is 32.1 Å². The van der Waals surface area contributed by atoms with Crippen molar-refractivity contribution in [3.05, 3.63) is 0 Å². The van der Waals surface area contributed by atoms with Gasteiger partial charge in [0.15, 0.2) is 0 Å². The first kappa shape index (κ1) is 21.9. The number of rotatable bonds is 11. The molecule has 8 heteroatoms. The summed E-state index contributed by atoms with van der Waals surface area (Å²) in [6.45, 7) is 2.11. The minimum Gasteiger partial charge on any atom is -0.481 e. The zero-order valence-electron chi connectivity index (χ0n) is 15.3. The Morgan fingerprint density at radius 3 is 2.12 bits per heavy atom. The average molecular weight is 372 g/mol. The van der Waals surface area contributed by atoms with Crippen LogP contribution < -0.4 is 0 Å². The summed E-state index contributed by atoms with van der Waals surface area (Å²) in [5.74, 6) is -6.50. The lowest BCUT2D eigenvalue weighted by Crippen LogP contribution is -2.32. The van der Waals surface area contributed by atoms with Gasteiger partial charge in [0, 0.05) is 6.42 Å². The number of hydrogen-bond acceptors (Lipinski definition) is 6. The first-order chi connectivity index (χ1) is 12.3. The van der Waals surface area contributed by atoms with E-state index in [1.807, 2.05) is 0 Å². The Kier molecular flexibility index (Phi) is 9.09. The number of methoxy groups -OCH3 is 1. The molecule has 1 aliphatic rings. The second kappa shape index (κ2) is 10.8. The van der Waals surface area contributed by atoms with Gasteiger partial charge in [-0.1, -0.05) is 19.3 Å². The first-order valence-electron chi connectivity index (χ1n) is 9.02. The van der Waals surface area contributed by atoms with Crippen LogP contribution in [0.2, 0.25) is 0 Å². The highest BCUT2D eigenvalue weighted by atomic mass is 16.5. The summed E-state index contributed by atoms with van der Waals surface area (Å²) in [7, 11) is 1.18. The van der Waals surface area contributed by atoms with Crippen LogP contribution in [0.1, 0.15) is 51.9 Å². The van der Waals surface area contributed by atoms with E-state index in [1.54, 1.807) is 6.92 Å². The van der Waals surface area contributed by atoms with Gasteiger partial charge in [-0.2, -0.15) is 0 Å². The summed E-state index contributed by atoms with van der Waals surface area (Å²) in [4.78, 5) is 46.3. The molecule has 4 atom stereocenters. The van der Waals surface area contributed by atoms with Gasteiger partial charge in [-0.15, -0.1) is 0 Å². The van der Waals surface area contributed by atoms with E-state index in [4.69, 9.17) is 9.47 Å². The maximum absolute atomic E-state index is 12.0. The molecule has 26 heavy (non-hydrogen) atoms. The van der Waals surface area contributed by atoms with E-state index in [0.29, 0.717) is 32.3 Å². The topological polar surface area (TPSA) is 127 Å². The summed E-state index contributed by atoms with van der Waals surface area (Å²) in [6.07, 6.45) is 3.64. The van der Waals surface area contributed by atoms with E-state index in [9.17, 15) is 29.4 Å². The number of aliphatic carboxylic acids is 2. The maximum atomic E-state index is 12.0. The van der Waals surface area contributed by atoms with Crippen LogP contribution in [0, 0.1) is 23.7 Å². The van der Waals surface area contributed by atoms with E-state index in [0.717, 1.165) is 12.8 Å². The minimum atomic E-state index is -1.16. The van der Waals surface area contributed by atoms with Crippen LogP contribution in [-0.2, 0) is 28.7 Å². The summed E-state index contributed by atoms with van der Waals surface area (Å²) < 4.78 is 9.57. The summed E-state index contributed by atoms with van der Waals surface area (Å²) in [5, 5.41) is 18.7. The van der Waals surface area contributed by atoms with Gasteiger partial charge in [0.1, 0.15) is 0 Å². The molecule has 0 heterocycles. The number of carboxylic acids is 2. The minimum absolute atomic E-state index is 0.0576. The molecule has 0 bridgehead atoms. The molecule has 0 spiro atoms. The quantitative estimate of drug-likeness (QED) is 0.417. The fourth-order valence-corrected chi connectivity index (χ4v) is 3.77. The predicted molar refractivity (Wildman–Crippen MR) is 90.2 cm³/mol. The molecule has 148 valence electrons. The summed E-state index contributed by atoms with van der Waals surface area (Å²) in [5.41, 5.74) is 0. The second-order valence-electron chi connectivity index (χ2n) is 6.60. The van der Waals surface area contributed by atoms with E-state index in [1.165, 1.54) is 7.11 Å². The zero-order chi connectivity index (χ0) is 19.7. The van der Waals surface area contributed by atoms with Crippen molar-refractivity contribution in [3.8, 4) is 0 Å². The molecule has 1 aliphatic carbocycles. The van der Waals surface area contributed by atoms with Gasteiger partial charge in [0.2, 0.25) is 0 Å². The van der Waals surface area contributed by atoms with Crippen LogP contribution in [-0.4, -0.2) is 47.8 Å². The Hall–Kier alpha value is -2.12. The van der Waals surface area contributed by atoms with Crippen LogP contribution in [0.15, 0.2) is 0 Å². The summed E-state index contributed by atoms with van der Waals surface area (Å²) in [6, 6.07) is 0. The molecule has 1 rings (SSSR count). The van der Waals surface area contributed by atoms with Crippen LogP contribution in [0.25, 0.3) is 0 Å². The number of carboxylic acid groups (broad SMARTS) is 2. The Bertz CT molecular complexity index is 515. The SMILES string of the molecule is CCOC(=O)CCCCCCC1C(C(=O)O)CC(C(=O)O)C1C(=O)OC. The van der Waals surface area contributed by atoms with Crippen molar-refractivity contribution in [1.82, 2.24) is 0 Å². The van der Waals surface area contributed by atoms with Crippen LogP contribution in [0.3, 0.4) is 0 Å². The molecular formula is C18H28O8. The molecule has 0 aromatic carbocycles. The third-order valence-electron chi connectivity index (χ3n) is 5.00. The highest BCUT2D eigenvalue weighted by molar-refractivity contribution is 5.84. The molecular weight excluding hydrogens is 344 g/mol. The lowest BCUT2D eigenvalue weighted by molar-refractivity contribution is -0.156. The Morgan fingerprint density at radius 2 is 1.58 bits per heavy atom. The van der Waals surface area contributed by atoms with Crippen molar-refractivity contribution < 1.29 is 38.9 Å². The van der Waals surface area contributed by atoms with Crippen LogP contribution >= 0.6 is 0 Å². The van der Waals surface area contributed by atoms with E-state index in [-0.39, 0.29) is 12.4 Å². The highest BCUT2D eigenvalue weighted by Gasteiger charge is 2.52. The smallest absolute Gasteiger partial charge is 0.309 e. The first-order valence-corrected chi connectivity index (χ1v) is 9.02. The predicted octanol–water partition coefficient (Wildman–Crippen LogP) is 2.10. The molecule has 0 radical (unpaired) electrons. The van der Waals surface area contributed by atoms with Gasteiger partial charge < -0.3 is 19.7 Å². The molecule has 0 aromatic heterocycles. The average Bonchev–Trinajstić information content (AvgIpc) is 2.97. The van der Waals surface area contributed by atoms with E-state index < -0.39 is 41.6 Å². The van der Waals surface area contributed by atoms with Gasteiger partial charge in [0.05, 0.1) is 31.5 Å². The molecule has 0 saturated heterocycles. The highest BCUT2D eigenvalue weighted by Crippen LogP contribution is 2.45. The standard InChI is InChI=1S/C18H28O8/c1-3-26-14(19)9-7-5-4-6-8-11-12(16(20)21)10-13(17(22)23)15(11)18(24)25-2/h11-13,15H,3-10H2,1-2H3,(H,20,21)(H,22,23). The zero-order valence-corrected chi connectivity index (χ0v) is 15.3. The molecule has 0 aromatic rings. The van der Waals surface area contributed by atoms with E-state index >= 15 is 0 Å². The number of hydrogen-bond donors (Lipinski definition) is 2. The van der Waals surface area contributed by atoms with Crippen molar-refractivity contribution in [3.63, 3.8) is 0 Å². The van der Waals surface area contributed by atoms with Crippen molar-refractivity contribution >= 4 is 23.9 Å². The third-order valence-corrected chi connectivity index (χ3v) is 5.00. The van der Waals surface area contributed by atoms with Crippen LogP contribution in [0.4, 0.5) is 0 Å². The van der Waals surface area contributed by atoms with Gasteiger partial charge in [-0.3, -0.25) is 19.2 Å². The molecule has 1 fully saturated rings.